The van der Waals surface area contributed by atoms with E-state index in [1.807, 2.05) is 0 Å². The highest BCUT2D eigenvalue weighted by Gasteiger charge is 2.11. The molecule has 6 nitrogen and oxygen atoms in total. The molecule has 0 rings (SSSR count). The molecule has 0 radical (unpaired) electrons. The highest BCUT2D eigenvalue weighted by Crippen LogP contribution is 1.91. The summed E-state index contributed by atoms with van der Waals surface area (Å²) in [6.45, 7) is 4.87. The van der Waals surface area contributed by atoms with Gasteiger partial charge in [-0.15, -0.1) is 0 Å². The first-order valence-corrected chi connectivity index (χ1v) is 4.70. The van der Waals surface area contributed by atoms with Gasteiger partial charge in [0.1, 0.15) is 19.6 Å². The standard InChI is InChI=1S/C10H14O6/c1-3-8(11)15-5-6-16-10(13)7-9(12)14-4-2/h3H,1,4-7H2,2H3. The Labute approximate surface area is 93.2 Å². The Balaban J connectivity index is 3.54. The number of ether oxygens (including phenoxy) is 3. The fourth-order valence-electron chi connectivity index (χ4n) is 0.738. The van der Waals surface area contributed by atoms with Crippen LogP contribution in [0, 0.1) is 0 Å². The van der Waals surface area contributed by atoms with Gasteiger partial charge in [-0.25, -0.2) is 4.79 Å². The Morgan fingerprint density at radius 3 is 2.19 bits per heavy atom. The molecular weight excluding hydrogens is 216 g/mol. The quantitative estimate of drug-likeness (QED) is 0.204. The Bertz CT molecular complexity index is 270. The highest BCUT2D eigenvalue weighted by atomic mass is 16.6. The van der Waals surface area contributed by atoms with Gasteiger partial charge in [-0.1, -0.05) is 6.58 Å². The van der Waals surface area contributed by atoms with E-state index in [1.165, 1.54) is 0 Å². The van der Waals surface area contributed by atoms with E-state index in [1.54, 1.807) is 6.92 Å². The first-order valence-electron chi connectivity index (χ1n) is 4.70. The molecule has 0 aliphatic rings. The average Bonchev–Trinajstić information content (AvgIpc) is 2.24. The number of carbonyl (C=O) groups excluding carboxylic acids is 3. The van der Waals surface area contributed by atoms with Gasteiger partial charge in [0.05, 0.1) is 6.61 Å². The molecule has 0 N–H and O–H groups in total. The second-order valence-electron chi connectivity index (χ2n) is 2.57. The zero-order valence-corrected chi connectivity index (χ0v) is 9.06. The van der Waals surface area contributed by atoms with E-state index in [9.17, 15) is 14.4 Å². The number of carbonyl (C=O) groups is 3. The number of esters is 3. The monoisotopic (exact) mass is 230 g/mol. The summed E-state index contributed by atoms with van der Waals surface area (Å²) in [5.74, 6) is -1.95. The molecule has 0 saturated heterocycles. The maximum atomic E-state index is 11.0. The van der Waals surface area contributed by atoms with Gasteiger partial charge in [-0.2, -0.15) is 0 Å². The van der Waals surface area contributed by atoms with Crippen molar-refractivity contribution in [1.82, 2.24) is 0 Å². The fourth-order valence-corrected chi connectivity index (χ4v) is 0.738. The minimum atomic E-state index is -0.715. The van der Waals surface area contributed by atoms with Gasteiger partial charge in [0.2, 0.25) is 0 Å². The summed E-state index contributed by atoms with van der Waals surface area (Å²) >= 11 is 0. The molecule has 0 amide bonds. The molecule has 0 saturated carbocycles. The van der Waals surface area contributed by atoms with Crippen molar-refractivity contribution >= 4 is 17.9 Å². The largest absolute Gasteiger partial charge is 0.466 e. The molecule has 16 heavy (non-hydrogen) atoms. The van der Waals surface area contributed by atoms with Crippen molar-refractivity contribution < 1.29 is 28.6 Å². The second kappa shape index (κ2) is 8.46. The van der Waals surface area contributed by atoms with Gasteiger partial charge in [0, 0.05) is 6.08 Å². The highest BCUT2D eigenvalue weighted by molar-refractivity contribution is 5.91. The van der Waals surface area contributed by atoms with Crippen molar-refractivity contribution in [3.05, 3.63) is 12.7 Å². The van der Waals surface area contributed by atoms with Crippen molar-refractivity contribution in [1.29, 1.82) is 0 Å². The van der Waals surface area contributed by atoms with E-state index < -0.39 is 24.3 Å². The van der Waals surface area contributed by atoms with Crippen molar-refractivity contribution in [2.24, 2.45) is 0 Å². The first-order chi connectivity index (χ1) is 7.60. The van der Waals surface area contributed by atoms with Crippen LogP contribution in [0.4, 0.5) is 0 Å². The zero-order chi connectivity index (χ0) is 12.4. The van der Waals surface area contributed by atoms with Crippen LogP contribution in [0.15, 0.2) is 12.7 Å². The zero-order valence-electron chi connectivity index (χ0n) is 9.06. The summed E-state index contributed by atoms with van der Waals surface area (Å²) in [5, 5.41) is 0. The molecule has 0 aromatic heterocycles. The Morgan fingerprint density at radius 2 is 1.62 bits per heavy atom. The van der Waals surface area contributed by atoms with E-state index in [2.05, 4.69) is 20.8 Å². The lowest BCUT2D eigenvalue weighted by atomic mass is 10.4. The van der Waals surface area contributed by atoms with Crippen molar-refractivity contribution in [2.75, 3.05) is 19.8 Å². The van der Waals surface area contributed by atoms with Crippen LogP contribution in [-0.2, 0) is 28.6 Å². The van der Waals surface area contributed by atoms with Gasteiger partial charge < -0.3 is 14.2 Å². The Hall–Kier alpha value is -1.85. The second-order valence-corrected chi connectivity index (χ2v) is 2.57. The lowest BCUT2D eigenvalue weighted by Crippen LogP contribution is -2.17. The van der Waals surface area contributed by atoms with E-state index in [-0.39, 0.29) is 19.8 Å². The van der Waals surface area contributed by atoms with Crippen molar-refractivity contribution in [3.63, 3.8) is 0 Å². The summed E-state index contributed by atoms with van der Waals surface area (Å²) in [5.41, 5.74) is 0. The van der Waals surface area contributed by atoms with Crippen LogP contribution in [0.2, 0.25) is 0 Å². The molecular formula is C10H14O6. The van der Waals surface area contributed by atoms with E-state index >= 15 is 0 Å². The molecule has 0 heterocycles. The lowest BCUT2D eigenvalue weighted by molar-refractivity contribution is -0.156. The maximum absolute atomic E-state index is 11.0. The van der Waals surface area contributed by atoms with Gasteiger partial charge in [-0.3, -0.25) is 9.59 Å². The number of rotatable bonds is 7. The van der Waals surface area contributed by atoms with Gasteiger partial charge in [0.15, 0.2) is 0 Å². The third kappa shape index (κ3) is 7.54. The normalized spacial score (nSPS) is 9.06. The van der Waals surface area contributed by atoms with E-state index in [0.29, 0.717) is 0 Å². The summed E-state index contributed by atoms with van der Waals surface area (Å²) in [7, 11) is 0. The average molecular weight is 230 g/mol. The molecule has 90 valence electrons. The minimum absolute atomic E-state index is 0.0700. The van der Waals surface area contributed by atoms with Crippen LogP contribution < -0.4 is 0 Å². The van der Waals surface area contributed by atoms with Gasteiger partial charge >= 0.3 is 17.9 Å². The molecule has 0 aliphatic heterocycles. The Kier molecular flexibility index (Phi) is 7.48. The fraction of sp³-hybridized carbons (Fsp3) is 0.500. The smallest absolute Gasteiger partial charge is 0.330 e. The minimum Gasteiger partial charge on any atom is -0.466 e. The summed E-state index contributed by atoms with van der Waals surface area (Å²) in [4.78, 5) is 32.3. The molecule has 0 unspecified atom stereocenters. The lowest BCUT2D eigenvalue weighted by Gasteiger charge is -2.04. The number of hydrogen-bond donors (Lipinski definition) is 0. The SMILES string of the molecule is C=CC(=O)OCCOC(=O)CC(=O)OCC. The summed E-state index contributed by atoms with van der Waals surface area (Å²) < 4.78 is 13.7. The summed E-state index contributed by atoms with van der Waals surface area (Å²) in [6.07, 6.45) is 0.559. The van der Waals surface area contributed by atoms with Crippen LogP contribution in [0.1, 0.15) is 13.3 Å². The molecule has 0 bridgehead atoms. The van der Waals surface area contributed by atoms with Crippen LogP contribution in [0.5, 0.6) is 0 Å². The third-order valence-corrected chi connectivity index (χ3v) is 1.35. The van der Waals surface area contributed by atoms with Gasteiger partial charge in [-0.05, 0) is 6.92 Å². The number of hydrogen-bond acceptors (Lipinski definition) is 6. The molecule has 0 atom stereocenters. The van der Waals surface area contributed by atoms with Crippen LogP contribution in [0.3, 0.4) is 0 Å². The molecule has 6 heteroatoms. The predicted octanol–water partition coefficient (Wildman–Crippen LogP) is 0.212. The van der Waals surface area contributed by atoms with Crippen molar-refractivity contribution in [2.45, 2.75) is 13.3 Å². The third-order valence-electron chi connectivity index (χ3n) is 1.35. The first kappa shape index (κ1) is 14.2. The molecule has 0 aromatic carbocycles. The van der Waals surface area contributed by atoms with Crippen LogP contribution >= 0.6 is 0 Å². The molecule has 0 aromatic rings. The van der Waals surface area contributed by atoms with E-state index in [4.69, 9.17) is 0 Å². The molecule has 0 aliphatic carbocycles. The molecule has 0 spiro atoms. The maximum Gasteiger partial charge on any atom is 0.330 e. The summed E-state index contributed by atoms with van der Waals surface area (Å²) in [6, 6.07) is 0. The van der Waals surface area contributed by atoms with Crippen molar-refractivity contribution in [3.8, 4) is 0 Å². The van der Waals surface area contributed by atoms with Crippen LogP contribution in [-0.4, -0.2) is 37.7 Å². The Morgan fingerprint density at radius 1 is 1.06 bits per heavy atom. The van der Waals surface area contributed by atoms with E-state index in [0.717, 1.165) is 6.08 Å². The van der Waals surface area contributed by atoms with Crippen LogP contribution in [0.25, 0.3) is 0 Å². The predicted molar refractivity (Wildman–Crippen MR) is 53.4 cm³/mol. The topological polar surface area (TPSA) is 78.9 Å². The van der Waals surface area contributed by atoms with Gasteiger partial charge in [0.25, 0.3) is 0 Å². The molecule has 0 fully saturated rings.